The molecule has 4 aromatic rings. The van der Waals surface area contributed by atoms with E-state index < -0.39 is 0 Å². The predicted octanol–water partition coefficient (Wildman–Crippen LogP) is 6.07. The molecule has 0 N–H and O–H groups in total. The summed E-state index contributed by atoms with van der Waals surface area (Å²) in [6.45, 7) is 2.12. The topological polar surface area (TPSA) is 3.24 Å². The number of benzene rings is 4. The van der Waals surface area contributed by atoms with Crippen LogP contribution >= 0.6 is 0 Å². The first-order valence-corrected chi connectivity index (χ1v) is 7.94. The maximum Gasteiger partial charge on any atom is 0.0414 e. The van der Waals surface area contributed by atoms with E-state index in [4.69, 9.17) is 0 Å². The number of fused-ring (bicyclic) bond motifs is 2. The normalized spacial score (nSPS) is 11.0. The van der Waals surface area contributed by atoms with Gasteiger partial charge in [0.1, 0.15) is 0 Å². The Morgan fingerprint density at radius 1 is 0.565 bits per heavy atom. The molecule has 0 saturated heterocycles. The average molecular weight is 297 g/mol. The van der Waals surface area contributed by atoms with Crippen molar-refractivity contribution < 1.29 is 0 Å². The van der Waals surface area contributed by atoms with Gasteiger partial charge in [-0.15, -0.1) is 0 Å². The fraction of sp³-hybridized carbons (Fsp3) is 0.0909. The van der Waals surface area contributed by atoms with Crippen molar-refractivity contribution in [2.75, 3.05) is 11.9 Å². The molecule has 23 heavy (non-hydrogen) atoms. The van der Waals surface area contributed by atoms with E-state index in [-0.39, 0.29) is 0 Å². The molecular formula is C22H19N. The highest BCUT2D eigenvalue weighted by Gasteiger charge is 2.05. The Labute approximate surface area is 136 Å². The molecule has 0 radical (unpaired) electrons. The predicted molar refractivity (Wildman–Crippen MR) is 101 cm³/mol. The van der Waals surface area contributed by atoms with Crippen molar-refractivity contribution in [3.05, 3.63) is 84.4 Å². The van der Waals surface area contributed by atoms with E-state index in [2.05, 4.69) is 97.7 Å². The Kier molecular flexibility index (Phi) is 3.27. The fourth-order valence-corrected chi connectivity index (χ4v) is 3.05. The minimum absolute atomic E-state index is 1.20. The monoisotopic (exact) mass is 297 g/mol. The first-order chi connectivity index (χ1) is 11.2. The second-order valence-corrected chi connectivity index (χ2v) is 6.13. The van der Waals surface area contributed by atoms with E-state index in [9.17, 15) is 0 Å². The lowest BCUT2D eigenvalue weighted by Gasteiger charge is -2.20. The molecule has 0 aliphatic rings. The van der Waals surface area contributed by atoms with Gasteiger partial charge in [0.05, 0.1) is 0 Å². The molecule has 0 atom stereocenters. The Balaban J connectivity index is 1.81. The largest absolute Gasteiger partial charge is 0.345 e. The molecule has 0 amide bonds. The van der Waals surface area contributed by atoms with Gasteiger partial charge in [-0.1, -0.05) is 48.0 Å². The van der Waals surface area contributed by atoms with Crippen LogP contribution in [0.2, 0.25) is 0 Å². The summed E-state index contributed by atoms with van der Waals surface area (Å²) in [7, 11) is 2.12. The van der Waals surface area contributed by atoms with E-state index in [1.807, 2.05) is 0 Å². The molecule has 112 valence electrons. The number of nitrogens with zero attached hydrogens (tertiary/aromatic N) is 1. The van der Waals surface area contributed by atoms with Gasteiger partial charge in [0.15, 0.2) is 0 Å². The standard InChI is InChI=1S/C22H19N/c1-16-7-10-21(11-8-16)23(2)22-12-9-19-13-17-5-3-4-6-18(17)14-20(19)15-22/h3-15H,1-2H3. The number of anilines is 2. The SMILES string of the molecule is Cc1ccc(N(C)c2ccc3cc4ccccc4cc3c2)cc1. The summed E-state index contributed by atoms with van der Waals surface area (Å²) in [6.07, 6.45) is 0. The van der Waals surface area contributed by atoms with Gasteiger partial charge in [0, 0.05) is 18.4 Å². The van der Waals surface area contributed by atoms with Crippen LogP contribution in [0, 0.1) is 6.92 Å². The fourth-order valence-electron chi connectivity index (χ4n) is 3.05. The minimum Gasteiger partial charge on any atom is -0.345 e. The molecule has 0 aliphatic heterocycles. The van der Waals surface area contributed by atoms with Crippen molar-refractivity contribution in [3.63, 3.8) is 0 Å². The Bertz CT molecular complexity index is 984. The summed E-state index contributed by atoms with van der Waals surface area (Å²) in [6, 6.07) is 28.4. The Hall–Kier alpha value is -2.80. The van der Waals surface area contributed by atoms with Crippen molar-refractivity contribution >= 4 is 32.9 Å². The van der Waals surface area contributed by atoms with Crippen molar-refractivity contribution in [2.24, 2.45) is 0 Å². The van der Waals surface area contributed by atoms with Crippen LogP contribution in [0.5, 0.6) is 0 Å². The smallest absolute Gasteiger partial charge is 0.0414 e. The van der Waals surface area contributed by atoms with E-state index in [0.29, 0.717) is 0 Å². The molecule has 0 spiro atoms. The third kappa shape index (κ3) is 2.55. The molecule has 1 heteroatoms. The lowest BCUT2D eigenvalue weighted by molar-refractivity contribution is 1.21. The third-order valence-electron chi connectivity index (χ3n) is 4.50. The molecule has 0 heterocycles. The van der Waals surface area contributed by atoms with Crippen LogP contribution in [0.1, 0.15) is 5.56 Å². The maximum atomic E-state index is 2.27. The second-order valence-electron chi connectivity index (χ2n) is 6.13. The van der Waals surface area contributed by atoms with Crippen molar-refractivity contribution in [1.29, 1.82) is 0 Å². The Morgan fingerprint density at radius 3 is 1.83 bits per heavy atom. The van der Waals surface area contributed by atoms with Crippen molar-refractivity contribution in [1.82, 2.24) is 0 Å². The average Bonchev–Trinajstić information content (AvgIpc) is 2.59. The first-order valence-electron chi connectivity index (χ1n) is 7.94. The summed E-state index contributed by atoms with van der Waals surface area (Å²) in [4.78, 5) is 2.23. The highest BCUT2D eigenvalue weighted by atomic mass is 15.1. The van der Waals surface area contributed by atoms with Gasteiger partial charge in [-0.2, -0.15) is 0 Å². The van der Waals surface area contributed by atoms with Gasteiger partial charge in [-0.3, -0.25) is 0 Å². The summed E-state index contributed by atoms with van der Waals surface area (Å²) in [5.41, 5.74) is 3.69. The summed E-state index contributed by atoms with van der Waals surface area (Å²) in [5.74, 6) is 0. The highest BCUT2D eigenvalue weighted by molar-refractivity contribution is 5.99. The molecule has 4 aromatic carbocycles. The van der Waals surface area contributed by atoms with E-state index in [1.165, 1.54) is 38.5 Å². The van der Waals surface area contributed by atoms with Crippen LogP contribution in [0.4, 0.5) is 11.4 Å². The molecule has 0 aromatic heterocycles. The van der Waals surface area contributed by atoms with Crippen LogP contribution < -0.4 is 4.90 Å². The molecule has 0 aliphatic carbocycles. The van der Waals surface area contributed by atoms with Gasteiger partial charge in [0.2, 0.25) is 0 Å². The zero-order valence-corrected chi connectivity index (χ0v) is 13.5. The van der Waals surface area contributed by atoms with E-state index in [1.54, 1.807) is 0 Å². The molecule has 0 fully saturated rings. The molecule has 1 nitrogen and oxygen atoms in total. The molecule has 0 saturated carbocycles. The lowest BCUT2D eigenvalue weighted by atomic mass is 10.0. The minimum atomic E-state index is 1.20. The van der Waals surface area contributed by atoms with E-state index >= 15 is 0 Å². The van der Waals surface area contributed by atoms with Gasteiger partial charge < -0.3 is 4.90 Å². The molecule has 0 unspecified atom stereocenters. The summed E-state index contributed by atoms with van der Waals surface area (Å²) < 4.78 is 0. The van der Waals surface area contributed by atoms with Gasteiger partial charge in [-0.25, -0.2) is 0 Å². The summed E-state index contributed by atoms with van der Waals surface area (Å²) in [5, 5.41) is 5.14. The number of rotatable bonds is 2. The van der Waals surface area contributed by atoms with Crippen LogP contribution in [-0.2, 0) is 0 Å². The second kappa shape index (κ2) is 5.44. The number of aryl methyl sites for hydroxylation is 1. The summed E-state index contributed by atoms with van der Waals surface area (Å²) >= 11 is 0. The number of hydrogen-bond acceptors (Lipinski definition) is 1. The first kappa shape index (κ1) is 13.8. The third-order valence-corrected chi connectivity index (χ3v) is 4.50. The van der Waals surface area contributed by atoms with Crippen molar-refractivity contribution in [2.45, 2.75) is 6.92 Å². The van der Waals surface area contributed by atoms with Crippen LogP contribution in [0.25, 0.3) is 21.5 Å². The van der Waals surface area contributed by atoms with Crippen LogP contribution in [-0.4, -0.2) is 7.05 Å². The molecular weight excluding hydrogens is 278 g/mol. The van der Waals surface area contributed by atoms with Gasteiger partial charge >= 0.3 is 0 Å². The zero-order valence-electron chi connectivity index (χ0n) is 13.5. The molecule has 0 bridgehead atoms. The van der Waals surface area contributed by atoms with Gasteiger partial charge in [0.25, 0.3) is 0 Å². The number of hydrogen-bond donors (Lipinski definition) is 0. The van der Waals surface area contributed by atoms with E-state index in [0.717, 1.165) is 0 Å². The van der Waals surface area contributed by atoms with Crippen molar-refractivity contribution in [3.8, 4) is 0 Å². The zero-order chi connectivity index (χ0) is 15.8. The maximum absolute atomic E-state index is 2.27. The van der Waals surface area contributed by atoms with Gasteiger partial charge in [-0.05, 0) is 64.9 Å². The lowest BCUT2D eigenvalue weighted by Crippen LogP contribution is -2.09. The van der Waals surface area contributed by atoms with Crippen LogP contribution in [0.15, 0.2) is 78.9 Å². The Morgan fingerprint density at radius 2 is 1.13 bits per heavy atom. The quantitative estimate of drug-likeness (QED) is 0.406. The highest BCUT2D eigenvalue weighted by Crippen LogP contribution is 2.29. The molecule has 4 rings (SSSR count). The van der Waals surface area contributed by atoms with Crippen LogP contribution in [0.3, 0.4) is 0 Å².